The molecule has 0 amide bonds. The molecule has 1 aliphatic heterocycles. The number of aryl methyl sites for hydroxylation is 3. The standard InChI is InChI=1S/C23H24N3S.CHF3O3S/c1-16-5-8-18(9-6-16)12-19-14-24-22(25(3)15-19)13-23-26(4)20-10-7-17(2)11-21(20)27-23;2-1(3,4)8(5,6)7/h5-11,13-15H,12H2,1-4H3;(H,5,6,7)/q+1;/p-1. The Kier molecular flexibility index (Phi) is 7.93. The van der Waals surface area contributed by atoms with Crippen LogP contribution in [0.5, 0.6) is 0 Å². The summed E-state index contributed by atoms with van der Waals surface area (Å²) < 4.78 is 61.0. The second-order valence-electron chi connectivity index (χ2n) is 8.11. The first-order chi connectivity index (χ1) is 16.2. The third-order valence-corrected chi connectivity index (χ3v) is 6.88. The van der Waals surface area contributed by atoms with Gasteiger partial charge in [0.2, 0.25) is 0 Å². The topological polar surface area (TPSA) is 77.2 Å². The van der Waals surface area contributed by atoms with Gasteiger partial charge in [-0.15, -0.1) is 0 Å². The van der Waals surface area contributed by atoms with Crippen LogP contribution in [0.2, 0.25) is 0 Å². The molecular formula is C24H24F3N3O3S2. The molecule has 2 heterocycles. The summed E-state index contributed by atoms with van der Waals surface area (Å²) in [6.07, 6.45) is 7.23. The molecule has 0 bridgehead atoms. The van der Waals surface area contributed by atoms with Crippen molar-refractivity contribution in [2.24, 2.45) is 7.05 Å². The van der Waals surface area contributed by atoms with Gasteiger partial charge < -0.3 is 9.45 Å². The molecule has 35 heavy (non-hydrogen) atoms. The van der Waals surface area contributed by atoms with E-state index in [1.807, 2.05) is 6.20 Å². The molecule has 6 nitrogen and oxygen atoms in total. The van der Waals surface area contributed by atoms with E-state index in [4.69, 9.17) is 18.0 Å². The fourth-order valence-corrected chi connectivity index (χ4v) is 4.46. The van der Waals surface area contributed by atoms with Crippen LogP contribution in [0.25, 0.3) is 6.08 Å². The van der Waals surface area contributed by atoms with Crippen molar-refractivity contribution in [1.82, 2.24) is 4.98 Å². The van der Waals surface area contributed by atoms with E-state index in [1.165, 1.54) is 37.9 Å². The van der Waals surface area contributed by atoms with Crippen molar-refractivity contribution in [3.8, 4) is 0 Å². The van der Waals surface area contributed by atoms with Gasteiger partial charge in [0, 0.05) is 23.9 Å². The lowest BCUT2D eigenvalue weighted by molar-refractivity contribution is -0.676. The van der Waals surface area contributed by atoms with Gasteiger partial charge in [-0.3, -0.25) is 0 Å². The number of nitrogens with zero attached hydrogens (tertiary/aromatic N) is 3. The van der Waals surface area contributed by atoms with Crippen molar-refractivity contribution in [3.63, 3.8) is 0 Å². The highest BCUT2D eigenvalue weighted by atomic mass is 32.2. The van der Waals surface area contributed by atoms with Crippen molar-refractivity contribution >= 4 is 33.6 Å². The Balaban J connectivity index is 0.000000371. The molecule has 186 valence electrons. The van der Waals surface area contributed by atoms with E-state index in [1.54, 1.807) is 11.8 Å². The van der Waals surface area contributed by atoms with Gasteiger partial charge >= 0.3 is 11.3 Å². The molecule has 11 heteroatoms. The molecule has 4 rings (SSSR count). The first kappa shape index (κ1) is 26.7. The molecule has 2 aromatic carbocycles. The first-order valence-corrected chi connectivity index (χ1v) is 12.6. The number of anilines is 1. The minimum absolute atomic E-state index is 0.900. The minimum atomic E-state index is -6.09. The van der Waals surface area contributed by atoms with E-state index < -0.39 is 15.6 Å². The van der Waals surface area contributed by atoms with Crippen LogP contribution in [-0.4, -0.2) is 30.5 Å². The predicted octanol–water partition coefficient (Wildman–Crippen LogP) is 4.71. The molecule has 1 aromatic heterocycles. The molecule has 1 aliphatic rings. The van der Waals surface area contributed by atoms with E-state index in [2.05, 4.69) is 92.1 Å². The molecule has 0 atom stereocenters. The molecule has 0 saturated carbocycles. The number of alkyl halides is 3. The van der Waals surface area contributed by atoms with Gasteiger partial charge in [-0.2, -0.15) is 13.2 Å². The molecule has 3 aromatic rings. The second kappa shape index (κ2) is 10.4. The highest BCUT2D eigenvalue weighted by Crippen LogP contribution is 2.45. The highest BCUT2D eigenvalue weighted by Gasteiger charge is 2.36. The van der Waals surface area contributed by atoms with E-state index in [0.29, 0.717) is 0 Å². The molecule has 0 radical (unpaired) electrons. The molecule has 0 fully saturated rings. The number of rotatable bonds is 3. The van der Waals surface area contributed by atoms with Gasteiger partial charge in [-0.1, -0.05) is 47.7 Å². The van der Waals surface area contributed by atoms with Gasteiger partial charge in [-0.25, -0.2) is 13.0 Å². The summed E-state index contributed by atoms with van der Waals surface area (Å²) in [6, 6.07) is 15.3. The lowest BCUT2D eigenvalue weighted by Crippen LogP contribution is -2.33. The Bertz CT molecular complexity index is 1360. The molecule has 0 saturated heterocycles. The number of hydrogen-bond acceptors (Lipinski definition) is 6. The second-order valence-corrected chi connectivity index (χ2v) is 10.5. The first-order valence-electron chi connectivity index (χ1n) is 10.4. The zero-order valence-corrected chi connectivity index (χ0v) is 21.1. The zero-order chi connectivity index (χ0) is 26.0. The third-order valence-electron chi connectivity index (χ3n) is 5.17. The summed E-state index contributed by atoms with van der Waals surface area (Å²) in [5.74, 6) is 0.960. The molecule has 0 spiro atoms. The van der Waals surface area contributed by atoms with Gasteiger partial charge in [0.15, 0.2) is 10.1 Å². The van der Waals surface area contributed by atoms with Crippen molar-refractivity contribution in [2.45, 2.75) is 30.7 Å². The zero-order valence-electron chi connectivity index (χ0n) is 19.5. The van der Waals surface area contributed by atoms with Crippen LogP contribution in [0.3, 0.4) is 0 Å². The van der Waals surface area contributed by atoms with E-state index in [9.17, 15) is 13.2 Å². The Morgan fingerprint density at radius 1 is 1.09 bits per heavy atom. The molecule has 0 aliphatic carbocycles. The van der Waals surface area contributed by atoms with Gasteiger partial charge in [0.1, 0.15) is 6.20 Å². The summed E-state index contributed by atoms with van der Waals surface area (Å²) in [5.41, 5.74) is 0.724. The lowest BCUT2D eigenvalue weighted by Gasteiger charge is -2.12. The summed E-state index contributed by atoms with van der Waals surface area (Å²) in [4.78, 5) is 8.26. The van der Waals surface area contributed by atoms with E-state index >= 15 is 0 Å². The Hall–Kier alpha value is -2.89. The largest absolute Gasteiger partial charge is 0.741 e. The van der Waals surface area contributed by atoms with Crippen molar-refractivity contribution < 1.29 is 30.7 Å². The van der Waals surface area contributed by atoms with Gasteiger partial charge in [-0.05, 0) is 42.1 Å². The SMILES string of the molecule is Cc1ccc(Cc2cnc(C=C3Sc4cc(C)ccc4N3C)[n+](C)c2)cc1.O=S(=O)([O-])C(F)(F)F. The fourth-order valence-electron chi connectivity index (χ4n) is 3.28. The normalized spacial score (nSPS) is 14.5. The van der Waals surface area contributed by atoms with E-state index in [-0.39, 0.29) is 0 Å². The Morgan fingerprint density at radius 3 is 2.26 bits per heavy atom. The van der Waals surface area contributed by atoms with Crippen LogP contribution >= 0.6 is 11.8 Å². The molecule has 0 unspecified atom stereocenters. The van der Waals surface area contributed by atoms with Crippen LogP contribution in [0, 0.1) is 13.8 Å². The number of aromatic nitrogens is 2. The fraction of sp³-hybridized carbons (Fsp3) is 0.250. The summed E-state index contributed by atoms with van der Waals surface area (Å²) in [7, 11) is -1.91. The quantitative estimate of drug-likeness (QED) is 0.281. The smallest absolute Gasteiger partial charge is 0.485 e. The van der Waals surface area contributed by atoms with Gasteiger partial charge in [0.25, 0.3) is 0 Å². The van der Waals surface area contributed by atoms with Crippen molar-refractivity contribution in [3.05, 3.63) is 88.0 Å². The average molecular weight is 524 g/mol. The maximum atomic E-state index is 10.7. The number of halogens is 3. The molecule has 0 N–H and O–H groups in total. The van der Waals surface area contributed by atoms with Gasteiger partial charge in [0.05, 0.1) is 30.0 Å². The predicted molar refractivity (Wildman–Crippen MR) is 129 cm³/mol. The van der Waals surface area contributed by atoms with Crippen LogP contribution in [0.4, 0.5) is 18.9 Å². The van der Waals surface area contributed by atoms with Crippen LogP contribution in [0.15, 0.2) is 64.8 Å². The maximum Gasteiger partial charge on any atom is 0.485 e. The van der Waals surface area contributed by atoms with Crippen LogP contribution in [-0.2, 0) is 23.6 Å². The van der Waals surface area contributed by atoms with Crippen molar-refractivity contribution in [2.75, 3.05) is 11.9 Å². The highest BCUT2D eigenvalue weighted by molar-refractivity contribution is 8.03. The minimum Gasteiger partial charge on any atom is -0.741 e. The number of fused-ring (bicyclic) bond motifs is 1. The summed E-state index contributed by atoms with van der Waals surface area (Å²) >= 11 is 1.80. The summed E-state index contributed by atoms with van der Waals surface area (Å²) in [6.45, 7) is 4.25. The lowest BCUT2D eigenvalue weighted by atomic mass is 10.1. The number of benzene rings is 2. The molecular weight excluding hydrogens is 499 g/mol. The summed E-state index contributed by atoms with van der Waals surface area (Å²) in [5, 5.41) is 1.20. The number of thioether (sulfide) groups is 1. The average Bonchev–Trinajstić information content (AvgIpc) is 3.05. The number of hydrogen-bond donors (Lipinski definition) is 0. The van der Waals surface area contributed by atoms with Crippen LogP contribution < -0.4 is 9.47 Å². The van der Waals surface area contributed by atoms with Crippen LogP contribution in [0.1, 0.15) is 28.1 Å². The monoisotopic (exact) mass is 523 g/mol. The maximum absolute atomic E-state index is 10.7. The van der Waals surface area contributed by atoms with Crippen molar-refractivity contribution in [1.29, 1.82) is 0 Å². The Morgan fingerprint density at radius 2 is 1.69 bits per heavy atom. The Labute approximate surface area is 206 Å². The third kappa shape index (κ3) is 6.83. The van der Waals surface area contributed by atoms with E-state index in [0.717, 1.165) is 12.2 Å².